The summed E-state index contributed by atoms with van der Waals surface area (Å²) in [6, 6.07) is 3.56. The molecule has 1 aromatic carbocycles. The van der Waals surface area contributed by atoms with E-state index in [-0.39, 0.29) is 24.6 Å². The van der Waals surface area contributed by atoms with Crippen molar-refractivity contribution < 1.29 is 27.0 Å². The summed E-state index contributed by atoms with van der Waals surface area (Å²) < 4.78 is 57.1. The van der Waals surface area contributed by atoms with Gasteiger partial charge < -0.3 is 14.8 Å². The van der Waals surface area contributed by atoms with E-state index in [0.29, 0.717) is 10.6 Å². The highest BCUT2D eigenvalue weighted by molar-refractivity contribution is 6.29. The molecule has 1 rings (SSSR count). The number of ether oxygens (including phenoxy) is 2. The molecular formula is C12H12ClF4NO2. The first kappa shape index (κ1) is 16.6. The summed E-state index contributed by atoms with van der Waals surface area (Å²) in [4.78, 5) is 0. The van der Waals surface area contributed by atoms with Crippen molar-refractivity contribution in [2.45, 2.75) is 19.8 Å². The average Bonchev–Trinajstić information content (AvgIpc) is 2.29. The molecule has 0 atom stereocenters. The summed E-state index contributed by atoms with van der Waals surface area (Å²) in [5.41, 5.74) is 0.352. The van der Waals surface area contributed by atoms with E-state index < -0.39 is 13.2 Å². The highest BCUT2D eigenvalue weighted by Crippen LogP contribution is 2.27. The molecule has 8 heteroatoms. The first-order valence-electron chi connectivity index (χ1n) is 5.45. The molecule has 0 saturated heterocycles. The van der Waals surface area contributed by atoms with Crippen LogP contribution in [-0.2, 0) is 6.54 Å². The lowest BCUT2D eigenvalue weighted by Gasteiger charge is -2.13. The summed E-state index contributed by atoms with van der Waals surface area (Å²) in [7, 11) is 0. The second-order valence-electron chi connectivity index (χ2n) is 3.65. The number of nitrogens with one attached hydrogen (secondary N) is 1. The van der Waals surface area contributed by atoms with Gasteiger partial charge in [0.25, 0.3) is 0 Å². The molecule has 20 heavy (non-hydrogen) atoms. The van der Waals surface area contributed by atoms with Crippen molar-refractivity contribution in [1.82, 2.24) is 5.32 Å². The van der Waals surface area contributed by atoms with Crippen LogP contribution in [0.15, 0.2) is 29.8 Å². The Labute approximate surface area is 118 Å². The van der Waals surface area contributed by atoms with Gasteiger partial charge in [0, 0.05) is 29.8 Å². The van der Waals surface area contributed by atoms with Crippen LogP contribution in [-0.4, -0.2) is 19.8 Å². The largest absolute Gasteiger partial charge is 0.435 e. The van der Waals surface area contributed by atoms with Gasteiger partial charge >= 0.3 is 13.2 Å². The number of hydrogen-bond acceptors (Lipinski definition) is 3. The molecule has 0 heterocycles. The van der Waals surface area contributed by atoms with Crippen LogP contribution in [0.4, 0.5) is 17.6 Å². The van der Waals surface area contributed by atoms with E-state index in [2.05, 4.69) is 21.4 Å². The number of hydrogen-bond donors (Lipinski definition) is 1. The molecule has 0 aromatic heterocycles. The lowest BCUT2D eigenvalue weighted by Crippen LogP contribution is -2.16. The maximum Gasteiger partial charge on any atom is 0.387 e. The Kier molecular flexibility index (Phi) is 6.60. The standard InChI is InChI=1S/C12H12ClF4NO2/c1-7(13)5-18-6-8-2-3-9(19-11(14)15)4-10(8)20-12(16)17/h2-4,11-12,18H,1,5-6H2. The molecule has 1 aromatic rings. The minimum atomic E-state index is -3.07. The highest BCUT2D eigenvalue weighted by Gasteiger charge is 2.13. The topological polar surface area (TPSA) is 30.5 Å². The van der Waals surface area contributed by atoms with Gasteiger partial charge in [-0.25, -0.2) is 0 Å². The van der Waals surface area contributed by atoms with Gasteiger partial charge in [-0.2, -0.15) is 17.6 Å². The molecule has 0 bridgehead atoms. The molecule has 0 amide bonds. The van der Waals surface area contributed by atoms with Gasteiger partial charge in [-0.3, -0.25) is 0 Å². The van der Waals surface area contributed by atoms with Crippen molar-refractivity contribution in [2.24, 2.45) is 0 Å². The van der Waals surface area contributed by atoms with Gasteiger partial charge in [0.2, 0.25) is 0 Å². The number of rotatable bonds is 8. The van der Waals surface area contributed by atoms with Crippen LogP contribution in [0.3, 0.4) is 0 Å². The average molecular weight is 314 g/mol. The first-order valence-corrected chi connectivity index (χ1v) is 5.83. The predicted octanol–water partition coefficient (Wildman–Crippen LogP) is 3.73. The summed E-state index contributed by atoms with van der Waals surface area (Å²) in [5.74, 6) is -0.507. The minimum absolute atomic E-state index is 0.156. The monoisotopic (exact) mass is 313 g/mol. The van der Waals surface area contributed by atoms with Crippen molar-refractivity contribution >= 4 is 11.6 Å². The van der Waals surface area contributed by atoms with Crippen LogP contribution in [0.25, 0.3) is 0 Å². The molecule has 1 N–H and O–H groups in total. The zero-order chi connectivity index (χ0) is 15.1. The van der Waals surface area contributed by atoms with E-state index in [9.17, 15) is 17.6 Å². The molecule has 0 aliphatic carbocycles. The Morgan fingerprint density at radius 1 is 1.20 bits per heavy atom. The molecule has 0 spiro atoms. The van der Waals surface area contributed by atoms with Gasteiger partial charge in [0.1, 0.15) is 11.5 Å². The number of alkyl halides is 4. The minimum Gasteiger partial charge on any atom is -0.435 e. The highest BCUT2D eigenvalue weighted by atomic mass is 35.5. The van der Waals surface area contributed by atoms with Gasteiger partial charge in [-0.15, -0.1) is 0 Å². The molecule has 0 fully saturated rings. The van der Waals surface area contributed by atoms with Crippen molar-refractivity contribution in [3.63, 3.8) is 0 Å². The first-order chi connectivity index (χ1) is 9.38. The quantitative estimate of drug-likeness (QED) is 0.742. The SMILES string of the molecule is C=C(Cl)CNCc1ccc(OC(F)F)cc1OC(F)F. The number of benzene rings is 1. The third-order valence-corrected chi connectivity index (χ3v) is 2.25. The fraction of sp³-hybridized carbons (Fsp3) is 0.333. The van der Waals surface area contributed by atoms with E-state index in [1.54, 1.807) is 0 Å². The fourth-order valence-corrected chi connectivity index (χ4v) is 1.49. The van der Waals surface area contributed by atoms with Crippen molar-refractivity contribution in [1.29, 1.82) is 0 Å². The fourth-order valence-electron chi connectivity index (χ4n) is 1.40. The second kappa shape index (κ2) is 7.96. The van der Waals surface area contributed by atoms with Gasteiger partial charge in [-0.1, -0.05) is 24.2 Å². The van der Waals surface area contributed by atoms with Crippen LogP contribution in [0.5, 0.6) is 11.5 Å². The lowest BCUT2D eigenvalue weighted by atomic mass is 10.2. The molecule has 0 aliphatic rings. The van der Waals surface area contributed by atoms with Crippen molar-refractivity contribution in [2.75, 3.05) is 6.54 Å². The maximum absolute atomic E-state index is 12.3. The smallest absolute Gasteiger partial charge is 0.387 e. The Bertz CT molecular complexity index is 457. The van der Waals surface area contributed by atoms with E-state index >= 15 is 0 Å². The zero-order valence-electron chi connectivity index (χ0n) is 10.2. The molecular weight excluding hydrogens is 302 g/mol. The molecule has 0 unspecified atom stereocenters. The number of halogens is 5. The van der Waals surface area contributed by atoms with Crippen molar-refractivity contribution in [3.05, 3.63) is 35.4 Å². The van der Waals surface area contributed by atoms with Crippen LogP contribution in [0.1, 0.15) is 5.56 Å². The molecule has 0 radical (unpaired) electrons. The van der Waals surface area contributed by atoms with E-state index in [1.807, 2.05) is 0 Å². The molecule has 3 nitrogen and oxygen atoms in total. The molecule has 112 valence electrons. The Hall–Kier alpha value is -1.47. The zero-order valence-corrected chi connectivity index (χ0v) is 11.0. The van der Waals surface area contributed by atoms with Crippen LogP contribution >= 0.6 is 11.6 Å². The Morgan fingerprint density at radius 3 is 2.40 bits per heavy atom. The van der Waals surface area contributed by atoms with E-state index in [1.165, 1.54) is 12.1 Å². The lowest BCUT2D eigenvalue weighted by molar-refractivity contribution is -0.0546. The van der Waals surface area contributed by atoms with Gasteiger partial charge in [-0.05, 0) is 6.07 Å². The molecule has 0 aliphatic heterocycles. The van der Waals surface area contributed by atoms with Gasteiger partial charge in [0.15, 0.2) is 0 Å². The second-order valence-corrected chi connectivity index (χ2v) is 4.18. The molecule has 0 saturated carbocycles. The van der Waals surface area contributed by atoms with Gasteiger partial charge in [0.05, 0.1) is 0 Å². The summed E-state index contributed by atoms with van der Waals surface area (Å²) in [6.07, 6.45) is 0. The van der Waals surface area contributed by atoms with Crippen molar-refractivity contribution in [3.8, 4) is 11.5 Å². The predicted molar refractivity (Wildman–Crippen MR) is 66.4 cm³/mol. The summed E-state index contributed by atoms with van der Waals surface area (Å²) in [5, 5.41) is 3.18. The van der Waals surface area contributed by atoms with E-state index in [0.717, 1.165) is 6.07 Å². The van der Waals surface area contributed by atoms with Crippen LogP contribution in [0, 0.1) is 0 Å². The van der Waals surface area contributed by atoms with E-state index in [4.69, 9.17) is 11.6 Å². The third kappa shape index (κ3) is 6.12. The third-order valence-electron chi connectivity index (χ3n) is 2.11. The normalized spacial score (nSPS) is 10.9. The van der Waals surface area contributed by atoms with Crippen LogP contribution < -0.4 is 14.8 Å². The summed E-state index contributed by atoms with van der Waals surface area (Å²) >= 11 is 5.54. The summed E-state index contributed by atoms with van der Waals surface area (Å²) in [6.45, 7) is -2.24. The maximum atomic E-state index is 12.3. The Balaban J connectivity index is 2.82. The Morgan fingerprint density at radius 2 is 1.85 bits per heavy atom. The van der Waals surface area contributed by atoms with Crippen LogP contribution in [0.2, 0.25) is 0 Å².